The minimum Gasteiger partial charge on any atom is -0.481 e. The molecule has 1 saturated heterocycles. The van der Waals surface area contributed by atoms with Crippen LogP contribution in [0.1, 0.15) is 39.0 Å². The van der Waals surface area contributed by atoms with Gasteiger partial charge in [0.15, 0.2) is 0 Å². The van der Waals surface area contributed by atoms with Crippen LogP contribution < -0.4 is 0 Å². The predicted molar refractivity (Wildman–Crippen MR) is 63.6 cm³/mol. The fraction of sp³-hybridized carbons (Fsp3) is 0.909. The van der Waals surface area contributed by atoms with Gasteiger partial charge in [0.1, 0.15) is 0 Å². The largest absolute Gasteiger partial charge is 0.481 e. The molecule has 15 heavy (non-hydrogen) atoms. The molecule has 0 unspecified atom stereocenters. The average molecular weight is 236 g/mol. The summed E-state index contributed by atoms with van der Waals surface area (Å²) in [5.74, 6) is -0.220. The maximum atomic E-state index is 10.5. The highest BCUT2D eigenvalue weighted by Crippen LogP contribution is 2.20. The Morgan fingerprint density at radius 1 is 1.40 bits per heavy atom. The van der Waals surface area contributed by atoms with E-state index in [1.165, 1.54) is 19.4 Å². The van der Waals surface area contributed by atoms with Gasteiger partial charge in [-0.3, -0.25) is 4.79 Å². The zero-order valence-electron chi connectivity index (χ0n) is 9.45. The number of rotatable bonds is 5. The molecule has 4 heteroatoms. The Hall–Kier alpha value is -0.280. The van der Waals surface area contributed by atoms with Crippen molar-refractivity contribution in [1.29, 1.82) is 0 Å². The van der Waals surface area contributed by atoms with Crippen molar-refractivity contribution in [2.24, 2.45) is 5.92 Å². The molecule has 0 aromatic heterocycles. The molecule has 0 amide bonds. The van der Waals surface area contributed by atoms with Crippen molar-refractivity contribution < 1.29 is 9.90 Å². The van der Waals surface area contributed by atoms with Crippen molar-refractivity contribution >= 4 is 18.4 Å². The van der Waals surface area contributed by atoms with Crippen LogP contribution in [-0.2, 0) is 4.79 Å². The molecule has 0 atom stereocenters. The van der Waals surface area contributed by atoms with Crippen LogP contribution in [0.5, 0.6) is 0 Å². The molecule has 1 N–H and O–H groups in total. The second-order valence-electron chi connectivity index (χ2n) is 4.24. The van der Waals surface area contributed by atoms with E-state index in [0.717, 1.165) is 25.9 Å². The van der Waals surface area contributed by atoms with Crippen molar-refractivity contribution in [3.8, 4) is 0 Å². The highest BCUT2D eigenvalue weighted by atomic mass is 35.5. The minimum absolute atomic E-state index is 0. The van der Waals surface area contributed by atoms with Gasteiger partial charge in [0.2, 0.25) is 0 Å². The molecule has 0 saturated carbocycles. The van der Waals surface area contributed by atoms with E-state index in [1.807, 2.05) is 0 Å². The molecule has 3 nitrogen and oxygen atoms in total. The molecular weight excluding hydrogens is 214 g/mol. The lowest BCUT2D eigenvalue weighted by Crippen LogP contribution is -2.34. The zero-order valence-corrected chi connectivity index (χ0v) is 10.3. The van der Waals surface area contributed by atoms with E-state index in [1.54, 1.807) is 0 Å². The summed E-state index contributed by atoms with van der Waals surface area (Å²) in [7, 11) is 0. The Kier molecular flexibility index (Phi) is 7.79. The molecule has 0 aromatic rings. The summed E-state index contributed by atoms with van der Waals surface area (Å²) in [4.78, 5) is 13.0. The lowest BCUT2D eigenvalue weighted by Gasteiger charge is -2.31. The standard InChI is InChI=1S/C11H21NO2.ClH/c1-2-3-6-12-7-4-10(5-8-12)9-11(13)14;/h10H,2-9H2,1H3,(H,13,14);1H. The van der Waals surface area contributed by atoms with E-state index in [2.05, 4.69) is 11.8 Å². The van der Waals surface area contributed by atoms with E-state index < -0.39 is 5.97 Å². The smallest absolute Gasteiger partial charge is 0.303 e. The Labute approximate surface area is 98.3 Å². The number of hydrogen-bond acceptors (Lipinski definition) is 2. The summed E-state index contributed by atoms with van der Waals surface area (Å²) in [6.07, 6.45) is 5.01. The molecule has 0 bridgehead atoms. The van der Waals surface area contributed by atoms with Gasteiger partial charge in [-0.2, -0.15) is 0 Å². The zero-order chi connectivity index (χ0) is 10.4. The lowest BCUT2D eigenvalue weighted by atomic mass is 9.93. The number of halogens is 1. The summed E-state index contributed by atoms with van der Waals surface area (Å²) in [6.45, 7) is 5.59. The van der Waals surface area contributed by atoms with E-state index in [0.29, 0.717) is 12.3 Å². The van der Waals surface area contributed by atoms with Gasteiger partial charge < -0.3 is 10.0 Å². The molecule has 90 valence electrons. The Morgan fingerprint density at radius 3 is 2.47 bits per heavy atom. The first-order valence-corrected chi connectivity index (χ1v) is 5.66. The quantitative estimate of drug-likeness (QED) is 0.796. The van der Waals surface area contributed by atoms with Crippen LogP contribution in [0.25, 0.3) is 0 Å². The average Bonchev–Trinajstić information content (AvgIpc) is 2.16. The van der Waals surface area contributed by atoms with Gasteiger partial charge in [-0.15, -0.1) is 12.4 Å². The number of carboxylic acid groups (broad SMARTS) is 1. The number of nitrogens with zero attached hydrogens (tertiary/aromatic N) is 1. The number of likely N-dealkylation sites (tertiary alicyclic amines) is 1. The van der Waals surface area contributed by atoms with E-state index in [4.69, 9.17) is 5.11 Å². The Morgan fingerprint density at radius 2 is 2.00 bits per heavy atom. The van der Waals surface area contributed by atoms with Crippen molar-refractivity contribution in [3.63, 3.8) is 0 Å². The maximum Gasteiger partial charge on any atom is 0.303 e. The van der Waals surface area contributed by atoms with Crippen molar-refractivity contribution in [2.45, 2.75) is 39.0 Å². The first-order chi connectivity index (χ1) is 6.72. The van der Waals surface area contributed by atoms with Gasteiger partial charge in [-0.05, 0) is 44.8 Å². The third-order valence-electron chi connectivity index (χ3n) is 3.00. The molecule has 0 radical (unpaired) electrons. The fourth-order valence-electron chi connectivity index (χ4n) is 2.04. The number of piperidine rings is 1. The molecule has 1 aliphatic rings. The van der Waals surface area contributed by atoms with Crippen molar-refractivity contribution in [1.82, 2.24) is 4.90 Å². The van der Waals surface area contributed by atoms with Gasteiger partial charge in [0, 0.05) is 6.42 Å². The van der Waals surface area contributed by atoms with Gasteiger partial charge in [-0.1, -0.05) is 13.3 Å². The highest BCUT2D eigenvalue weighted by molar-refractivity contribution is 5.85. The summed E-state index contributed by atoms with van der Waals surface area (Å²) < 4.78 is 0. The number of aliphatic carboxylic acids is 1. The molecular formula is C11H22ClNO2. The fourth-order valence-corrected chi connectivity index (χ4v) is 2.04. The summed E-state index contributed by atoms with van der Waals surface area (Å²) in [5.41, 5.74) is 0. The lowest BCUT2D eigenvalue weighted by molar-refractivity contribution is -0.138. The van der Waals surface area contributed by atoms with Crippen LogP contribution in [0.3, 0.4) is 0 Å². The first kappa shape index (κ1) is 14.7. The number of hydrogen-bond donors (Lipinski definition) is 1. The van der Waals surface area contributed by atoms with Crippen molar-refractivity contribution in [2.75, 3.05) is 19.6 Å². The predicted octanol–water partition coefficient (Wildman–Crippen LogP) is 2.40. The number of carboxylic acids is 1. The van der Waals surface area contributed by atoms with Crippen LogP contribution in [-0.4, -0.2) is 35.6 Å². The highest BCUT2D eigenvalue weighted by Gasteiger charge is 2.20. The van der Waals surface area contributed by atoms with Gasteiger partial charge in [-0.25, -0.2) is 0 Å². The van der Waals surface area contributed by atoms with E-state index in [-0.39, 0.29) is 12.4 Å². The van der Waals surface area contributed by atoms with Crippen LogP contribution in [0.2, 0.25) is 0 Å². The molecule has 0 aromatic carbocycles. The molecule has 1 rings (SSSR count). The number of unbranched alkanes of at least 4 members (excludes halogenated alkanes) is 1. The summed E-state index contributed by atoms with van der Waals surface area (Å²) >= 11 is 0. The van der Waals surface area contributed by atoms with Crippen LogP contribution >= 0.6 is 12.4 Å². The van der Waals surface area contributed by atoms with E-state index >= 15 is 0 Å². The SMILES string of the molecule is CCCCN1CCC(CC(=O)O)CC1.Cl. The summed E-state index contributed by atoms with van der Waals surface area (Å²) in [5, 5.41) is 8.66. The monoisotopic (exact) mass is 235 g/mol. The van der Waals surface area contributed by atoms with E-state index in [9.17, 15) is 4.79 Å². The first-order valence-electron chi connectivity index (χ1n) is 5.66. The second kappa shape index (κ2) is 7.94. The molecule has 0 aliphatic carbocycles. The molecule has 1 fully saturated rings. The number of carbonyl (C=O) groups is 1. The second-order valence-corrected chi connectivity index (χ2v) is 4.24. The third-order valence-corrected chi connectivity index (χ3v) is 3.00. The van der Waals surface area contributed by atoms with Crippen molar-refractivity contribution in [3.05, 3.63) is 0 Å². The molecule has 0 spiro atoms. The third kappa shape index (κ3) is 6.00. The normalized spacial score (nSPS) is 18.5. The van der Waals surface area contributed by atoms with Gasteiger partial charge >= 0.3 is 5.97 Å². The van der Waals surface area contributed by atoms with Gasteiger partial charge in [0.05, 0.1) is 0 Å². The van der Waals surface area contributed by atoms with Gasteiger partial charge in [0.25, 0.3) is 0 Å². The van der Waals surface area contributed by atoms with Crippen LogP contribution in [0, 0.1) is 5.92 Å². The topological polar surface area (TPSA) is 40.5 Å². The maximum absolute atomic E-state index is 10.5. The Bertz CT molecular complexity index is 179. The van der Waals surface area contributed by atoms with Crippen LogP contribution in [0.15, 0.2) is 0 Å². The Balaban J connectivity index is 0.00000196. The molecule has 1 heterocycles. The van der Waals surface area contributed by atoms with Crippen LogP contribution in [0.4, 0.5) is 0 Å². The molecule has 1 aliphatic heterocycles. The summed E-state index contributed by atoms with van der Waals surface area (Å²) in [6, 6.07) is 0. The minimum atomic E-state index is -0.642.